The van der Waals surface area contributed by atoms with Gasteiger partial charge in [0.15, 0.2) is 0 Å². The second-order valence-corrected chi connectivity index (χ2v) is 1.91. The number of H-pyrrole nitrogens is 1. The SMILES string of the molecule is CC(N)c1ccc[nH]1. The summed E-state index contributed by atoms with van der Waals surface area (Å²) in [4.78, 5) is 3.01. The van der Waals surface area contributed by atoms with Crippen LogP contribution in [-0.2, 0) is 0 Å². The maximum atomic E-state index is 5.53. The van der Waals surface area contributed by atoms with E-state index in [0.29, 0.717) is 0 Å². The van der Waals surface area contributed by atoms with Gasteiger partial charge in [-0.1, -0.05) is 0 Å². The monoisotopic (exact) mass is 110 g/mol. The maximum absolute atomic E-state index is 5.53. The van der Waals surface area contributed by atoms with Gasteiger partial charge in [0, 0.05) is 17.9 Å². The van der Waals surface area contributed by atoms with E-state index in [1.165, 1.54) is 0 Å². The summed E-state index contributed by atoms with van der Waals surface area (Å²) in [6.45, 7) is 1.95. The number of aromatic amines is 1. The Labute approximate surface area is 48.7 Å². The Balaban J connectivity index is 2.77. The molecule has 0 aliphatic carbocycles. The van der Waals surface area contributed by atoms with Gasteiger partial charge in [-0.2, -0.15) is 0 Å². The molecule has 0 bridgehead atoms. The van der Waals surface area contributed by atoms with Gasteiger partial charge in [0.2, 0.25) is 0 Å². The van der Waals surface area contributed by atoms with Gasteiger partial charge in [-0.05, 0) is 19.1 Å². The molecule has 0 amide bonds. The van der Waals surface area contributed by atoms with Gasteiger partial charge in [-0.3, -0.25) is 0 Å². The van der Waals surface area contributed by atoms with E-state index in [-0.39, 0.29) is 6.04 Å². The number of hydrogen-bond acceptors (Lipinski definition) is 1. The van der Waals surface area contributed by atoms with Crippen LogP contribution in [0, 0.1) is 0 Å². The van der Waals surface area contributed by atoms with Crippen LogP contribution in [0.25, 0.3) is 0 Å². The van der Waals surface area contributed by atoms with E-state index in [9.17, 15) is 0 Å². The van der Waals surface area contributed by atoms with Gasteiger partial charge in [0.25, 0.3) is 0 Å². The molecule has 3 N–H and O–H groups in total. The minimum Gasteiger partial charge on any atom is -0.364 e. The Kier molecular flexibility index (Phi) is 1.35. The Hall–Kier alpha value is -0.760. The van der Waals surface area contributed by atoms with Gasteiger partial charge in [-0.25, -0.2) is 0 Å². The highest BCUT2D eigenvalue weighted by Crippen LogP contribution is 2.03. The van der Waals surface area contributed by atoms with Gasteiger partial charge in [-0.15, -0.1) is 0 Å². The average Bonchev–Trinajstić information content (AvgIpc) is 2.12. The van der Waals surface area contributed by atoms with Crippen molar-refractivity contribution in [1.82, 2.24) is 4.98 Å². The van der Waals surface area contributed by atoms with E-state index in [1.54, 1.807) is 0 Å². The third kappa shape index (κ3) is 0.898. The molecule has 0 aromatic carbocycles. The maximum Gasteiger partial charge on any atom is 0.0419 e. The number of nitrogens with one attached hydrogen (secondary N) is 1. The van der Waals surface area contributed by atoms with Crippen LogP contribution >= 0.6 is 0 Å². The van der Waals surface area contributed by atoms with E-state index >= 15 is 0 Å². The zero-order valence-corrected chi connectivity index (χ0v) is 4.89. The van der Waals surface area contributed by atoms with Crippen LogP contribution in [0.4, 0.5) is 0 Å². The van der Waals surface area contributed by atoms with Crippen LogP contribution in [-0.4, -0.2) is 4.98 Å². The number of aromatic nitrogens is 1. The molecule has 0 spiro atoms. The van der Waals surface area contributed by atoms with Crippen molar-refractivity contribution in [1.29, 1.82) is 0 Å². The first kappa shape index (κ1) is 5.38. The summed E-state index contributed by atoms with van der Waals surface area (Å²) in [5.41, 5.74) is 6.61. The lowest BCUT2D eigenvalue weighted by Crippen LogP contribution is -2.04. The lowest BCUT2D eigenvalue weighted by Gasteiger charge is -1.97. The van der Waals surface area contributed by atoms with Crippen molar-refractivity contribution < 1.29 is 0 Å². The number of rotatable bonds is 1. The molecule has 1 aromatic rings. The van der Waals surface area contributed by atoms with E-state index in [0.717, 1.165) is 5.69 Å². The normalized spacial score (nSPS) is 13.8. The molecule has 44 valence electrons. The van der Waals surface area contributed by atoms with Crippen LogP contribution in [0.1, 0.15) is 18.7 Å². The number of hydrogen-bond donors (Lipinski definition) is 2. The van der Waals surface area contributed by atoms with Crippen molar-refractivity contribution in [3.63, 3.8) is 0 Å². The quantitative estimate of drug-likeness (QED) is 0.557. The standard InChI is InChI=1S/C6H10N2/c1-5(7)6-3-2-4-8-6/h2-5,8H,7H2,1H3. The van der Waals surface area contributed by atoms with Gasteiger partial charge >= 0.3 is 0 Å². The first-order chi connectivity index (χ1) is 3.80. The molecule has 1 heterocycles. The second-order valence-electron chi connectivity index (χ2n) is 1.91. The van der Waals surface area contributed by atoms with Crippen molar-refractivity contribution in [2.75, 3.05) is 0 Å². The Morgan fingerprint density at radius 3 is 2.75 bits per heavy atom. The average molecular weight is 110 g/mol. The van der Waals surface area contributed by atoms with Crippen LogP contribution in [0.2, 0.25) is 0 Å². The molecule has 1 unspecified atom stereocenters. The molecule has 8 heavy (non-hydrogen) atoms. The van der Waals surface area contributed by atoms with Crippen molar-refractivity contribution in [2.24, 2.45) is 5.73 Å². The van der Waals surface area contributed by atoms with Crippen LogP contribution in [0.3, 0.4) is 0 Å². The summed E-state index contributed by atoms with van der Waals surface area (Å²) in [5, 5.41) is 0. The molecule has 0 saturated heterocycles. The van der Waals surface area contributed by atoms with E-state index in [2.05, 4.69) is 4.98 Å². The Morgan fingerprint density at radius 2 is 2.50 bits per heavy atom. The van der Waals surface area contributed by atoms with Gasteiger partial charge < -0.3 is 10.7 Å². The van der Waals surface area contributed by atoms with Crippen LogP contribution in [0.15, 0.2) is 18.3 Å². The van der Waals surface area contributed by atoms with Crippen molar-refractivity contribution in [3.8, 4) is 0 Å². The molecule has 0 radical (unpaired) electrons. The predicted octanol–water partition coefficient (Wildman–Crippen LogP) is 1.03. The topological polar surface area (TPSA) is 41.8 Å². The molecule has 2 heteroatoms. The fourth-order valence-corrected chi connectivity index (χ4v) is 0.627. The van der Waals surface area contributed by atoms with Gasteiger partial charge in [0.1, 0.15) is 0 Å². The highest BCUT2D eigenvalue weighted by Gasteiger charge is 1.94. The highest BCUT2D eigenvalue weighted by molar-refractivity contribution is 5.06. The first-order valence-electron chi connectivity index (χ1n) is 2.69. The molecular weight excluding hydrogens is 100 g/mol. The van der Waals surface area contributed by atoms with E-state index in [1.807, 2.05) is 25.3 Å². The third-order valence-corrected chi connectivity index (χ3v) is 1.11. The lowest BCUT2D eigenvalue weighted by molar-refractivity contribution is 0.789. The van der Waals surface area contributed by atoms with E-state index in [4.69, 9.17) is 5.73 Å². The summed E-state index contributed by atoms with van der Waals surface area (Å²) in [6, 6.07) is 4.05. The molecule has 0 aliphatic heterocycles. The molecule has 1 aromatic heterocycles. The molecule has 0 aliphatic rings. The molecule has 0 fully saturated rings. The minimum absolute atomic E-state index is 0.130. The van der Waals surface area contributed by atoms with Crippen LogP contribution < -0.4 is 5.73 Å². The summed E-state index contributed by atoms with van der Waals surface area (Å²) >= 11 is 0. The summed E-state index contributed by atoms with van der Waals surface area (Å²) in [5.74, 6) is 0. The number of nitrogens with two attached hydrogens (primary N) is 1. The van der Waals surface area contributed by atoms with Crippen LogP contribution in [0.5, 0.6) is 0 Å². The zero-order chi connectivity index (χ0) is 5.98. The summed E-state index contributed by atoms with van der Waals surface area (Å²) in [6.07, 6.45) is 1.87. The second kappa shape index (κ2) is 2.01. The Bertz CT molecular complexity index is 142. The first-order valence-corrected chi connectivity index (χ1v) is 2.69. The van der Waals surface area contributed by atoms with Crippen molar-refractivity contribution in [3.05, 3.63) is 24.0 Å². The lowest BCUT2D eigenvalue weighted by atomic mass is 10.3. The van der Waals surface area contributed by atoms with E-state index < -0.39 is 0 Å². The molecular formula is C6H10N2. The van der Waals surface area contributed by atoms with Gasteiger partial charge in [0.05, 0.1) is 0 Å². The highest BCUT2D eigenvalue weighted by atomic mass is 14.8. The molecule has 1 rings (SSSR count). The fraction of sp³-hybridized carbons (Fsp3) is 0.333. The smallest absolute Gasteiger partial charge is 0.0419 e. The third-order valence-electron chi connectivity index (χ3n) is 1.11. The predicted molar refractivity (Wildman–Crippen MR) is 33.4 cm³/mol. The fourth-order valence-electron chi connectivity index (χ4n) is 0.627. The van der Waals surface area contributed by atoms with Crippen molar-refractivity contribution in [2.45, 2.75) is 13.0 Å². The Morgan fingerprint density at radius 1 is 1.75 bits per heavy atom. The zero-order valence-electron chi connectivity index (χ0n) is 4.89. The molecule has 0 saturated carbocycles. The molecule has 1 atom stereocenters. The minimum atomic E-state index is 0.130. The summed E-state index contributed by atoms with van der Waals surface area (Å²) < 4.78 is 0. The van der Waals surface area contributed by atoms with Crippen molar-refractivity contribution >= 4 is 0 Å². The molecule has 2 nitrogen and oxygen atoms in total. The summed E-state index contributed by atoms with van der Waals surface area (Å²) in [7, 11) is 0. The largest absolute Gasteiger partial charge is 0.364 e.